The normalized spacial score (nSPS) is 11.9. The number of esters is 1. The number of anilines is 1. The monoisotopic (exact) mass is 223 g/mol. The number of halogens is 1. The van der Waals surface area contributed by atoms with E-state index in [1.54, 1.807) is 13.0 Å². The molecule has 0 amide bonds. The van der Waals surface area contributed by atoms with E-state index < -0.39 is 17.7 Å². The van der Waals surface area contributed by atoms with E-state index in [4.69, 9.17) is 10.5 Å². The Hall–Kier alpha value is -1.84. The van der Waals surface area contributed by atoms with Crippen LogP contribution in [0.15, 0.2) is 30.9 Å². The summed E-state index contributed by atoms with van der Waals surface area (Å²) in [4.78, 5) is 11.5. The van der Waals surface area contributed by atoms with E-state index in [-0.39, 0.29) is 12.3 Å². The van der Waals surface area contributed by atoms with Crippen LogP contribution in [0.4, 0.5) is 10.1 Å². The standard InChI is InChI=1S/C12H14FNO2/c1-3-6-16-12(15)8(2)9-4-5-11(14)10(13)7-9/h3-5,7-8H,1,6,14H2,2H3. The van der Waals surface area contributed by atoms with Gasteiger partial charge >= 0.3 is 5.97 Å². The van der Waals surface area contributed by atoms with Gasteiger partial charge in [0.1, 0.15) is 12.4 Å². The van der Waals surface area contributed by atoms with Crippen molar-refractivity contribution < 1.29 is 13.9 Å². The minimum atomic E-state index is -0.527. The van der Waals surface area contributed by atoms with Crippen LogP contribution in [0.5, 0.6) is 0 Å². The number of nitrogen functional groups attached to an aromatic ring is 1. The summed E-state index contributed by atoms with van der Waals surface area (Å²) in [7, 11) is 0. The molecular formula is C12H14FNO2. The van der Waals surface area contributed by atoms with Crippen molar-refractivity contribution in [2.45, 2.75) is 12.8 Å². The maximum atomic E-state index is 13.2. The molecule has 0 fully saturated rings. The van der Waals surface area contributed by atoms with Gasteiger partial charge in [0.25, 0.3) is 0 Å². The van der Waals surface area contributed by atoms with Crippen molar-refractivity contribution in [2.75, 3.05) is 12.3 Å². The Bertz CT molecular complexity index is 404. The molecule has 1 aromatic rings. The smallest absolute Gasteiger partial charge is 0.313 e. The second-order valence-corrected chi connectivity index (χ2v) is 3.42. The SMILES string of the molecule is C=CCOC(=O)C(C)c1ccc(N)c(F)c1. The minimum Gasteiger partial charge on any atom is -0.461 e. The number of carbonyl (C=O) groups excluding carboxylic acids is 1. The van der Waals surface area contributed by atoms with Gasteiger partial charge in [0.15, 0.2) is 0 Å². The third kappa shape index (κ3) is 2.82. The lowest BCUT2D eigenvalue weighted by Crippen LogP contribution is -2.13. The molecule has 0 radical (unpaired) electrons. The molecule has 0 spiro atoms. The fourth-order valence-electron chi connectivity index (χ4n) is 1.21. The predicted octanol–water partition coefficient (Wildman–Crippen LogP) is 2.24. The molecule has 0 saturated heterocycles. The highest BCUT2D eigenvalue weighted by Crippen LogP contribution is 2.20. The molecule has 0 bridgehead atoms. The molecule has 3 nitrogen and oxygen atoms in total. The molecule has 1 aromatic carbocycles. The molecule has 0 aliphatic carbocycles. The molecule has 86 valence electrons. The first kappa shape index (κ1) is 12.2. The van der Waals surface area contributed by atoms with Gasteiger partial charge in [-0.2, -0.15) is 0 Å². The van der Waals surface area contributed by atoms with E-state index in [0.717, 1.165) is 0 Å². The maximum Gasteiger partial charge on any atom is 0.313 e. The van der Waals surface area contributed by atoms with Crippen LogP contribution in [0.3, 0.4) is 0 Å². The van der Waals surface area contributed by atoms with Crippen LogP contribution in [0.25, 0.3) is 0 Å². The van der Waals surface area contributed by atoms with Gasteiger partial charge in [-0.15, -0.1) is 0 Å². The molecule has 1 atom stereocenters. The van der Waals surface area contributed by atoms with Crippen LogP contribution in [-0.2, 0) is 9.53 Å². The van der Waals surface area contributed by atoms with Crippen LogP contribution in [0.1, 0.15) is 18.4 Å². The number of nitrogens with two attached hydrogens (primary N) is 1. The van der Waals surface area contributed by atoms with E-state index >= 15 is 0 Å². The zero-order chi connectivity index (χ0) is 12.1. The quantitative estimate of drug-likeness (QED) is 0.484. The Labute approximate surface area is 93.7 Å². The Kier molecular flexibility index (Phi) is 4.05. The first-order valence-electron chi connectivity index (χ1n) is 4.88. The predicted molar refractivity (Wildman–Crippen MR) is 60.4 cm³/mol. The highest BCUT2D eigenvalue weighted by molar-refractivity contribution is 5.77. The van der Waals surface area contributed by atoms with E-state index in [2.05, 4.69) is 6.58 Å². The Morgan fingerprint density at radius 3 is 2.94 bits per heavy atom. The summed E-state index contributed by atoms with van der Waals surface area (Å²) in [5.74, 6) is -1.46. The number of benzene rings is 1. The molecule has 0 saturated carbocycles. The average molecular weight is 223 g/mol. The Morgan fingerprint density at radius 1 is 1.69 bits per heavy atom. The minimum absolute atomic E-state index is 0.0652. The summed E-state index contributed by atoms with van der Waals surface area (Å²) >= 11 is 0. The van der Waals surface area contributed by atoms with Crippen LogP contribution >= 0.6 is 0 Å². The largest absolute Gasteiger partial charge is 0.461 e. The van der Waals surface area contributed by atoms with Gasteiger partial charge < -0.3 is 10.5 Å². The van der Waals surface area contributed by atoms with Gasteiger partial charge in [0.2, 0.25) is 0 Å². The van der Waals surface area contributed by atoms with Crippen molar-refractivity contribution in [3.63, 3.8) is 0 Å². The Morgan fingerprint density at radius 2 is 2.38 bits per heavy atom. The molecule has 0 aliphatic rings. The second kappa shape index (κ2) is 5.30. The van der Waals surface area contributed by atoms with Gasteiger partial charge in [-0.25, -0.2) is 4.39 Å². The lowest BCUT2D eigenvalue weighted by Gasteiger charge is -2.11. The molecule has 0 aromatic heterocycles. The molecule has 1 rings (SSSR count). The zero-order valence-electron chi connectivity index (χ0n) is 9.07. The highest BCUT2D eigenvalue weighted by Gasteiger charge is 2.17. The van der Waals surface area contributed by atoms with E-state index in [0.29, 0.717) is 5.56 Å². The molecular weight excluding hydrogens is 209 g/mol. The van der Waals surface area contributed by atoms with Crippen LogP contribution in [-0.4, -0.2) is 12.6 Å². The zero-order valence-corrected chi connectivity index (χ0v) is 9.07. The number of carbonyl (C=O) groups is 1. The average Bonchev–Trinajstić information content (AvgIpc) is 2.28. The fourth-order valence-corrected chi connectivity index (χ4v) is 1.21. The summed E-state index contributed by atoms with van der Waals surface area (Å²) in [6, 6.07) is 4.29. The number of ether oxygens (including phenoxy) is 1. The molecule has 1 unspecified atom stereocenters. The molecule has 0 heterocycles. The first-order chi connectivity index (χ1) is 7.56. The van der Waals surface area contributed by atoms with Crippen LogP contribution < -0.4 is 5.73 Å². The number of hydrogen-bond donors (Lipinski definition) is 1. The summed E-state index contributed by atoms with van der Waals surface area (Å²) in [5.41, 5.74) is 5.95. The fraction of sp³-hybridized carbons (Fsp3) is 0.250. The van der Waals surface area contributed by atoms with E-state index in [9.17, 15) is 9.18 Å². The van der Waals surface area contributed by atoms with E-state index in [1.807, 2.05) is 0 Å². The van der Waals surface area contributed by atoms with E-state index in [1.165, 1.54) is 18.2 Å². The van der Waals surface area contributed by atoms with Crippen molar-refractivity contribution in [2.24, 2.45) is 0 Å². The van der Waals surface area contributed by atoms with Gasteiger partial charge in [-0.1, -0.05) is 18.7 Å². The lowest BCUT2D eigenvalue weighted by atomic mass is 10.0. The van der Waals surface area contributed by atoms with Gasteiger partial charge in [-0.3, -0.25) is 4.79 Å². The number of rotatable bonds is 4. The maximum absolute atomic E-state index is 13.2. The van der Waals surface area contributed by atoms with Crippen LogP contribution in [0.2, 0.25) is 0 Å². The molecule has 16 heavy (non-hydrogen) atoms. The molecule has 2 N–H and O–H groups in total. The third-order valence-electron chi connectivity index (χ3n) is 2.22. The Balaban J connectivity index is 2.79. The van der Waals surface area contributed by atoms with Gasteiger partial charge in [0.05, 0.1) is 11.6 Å². The number of hydrogen-bond acceptors (Lipinski definition) is 3. The second-order valence-electron chi connectivity index (χ2n) is 3.42. The first-order valence-corrected chi connectivity index (χ1v) is 4.88. The lowest BCUT2D eigenvalue weighted by molar-refractivity contribution is -0.143. The van der Waals surface area contributed by atoms with Gasteiger partial charge in [0, 0.05) is 0 Å². The highest BCUT2D eigenvalue weighted by atomic mass is 19.1. The topological polar surface area (TPSA) is 52.3 Å². The summed E-state index contributed by atoms with van der Waals surface area (Å²) in [5, 5.41) is 0. The molecule has 0 aliphatic heterocycles. The van der Waals surface area contributed by atoms with Crippen molar-refractivity contribution in [1.82, 2.24) is 0 Å². The van der Waals surface area contributed by atoms with Gasteiger partial charge in [-0.05, 0) is 24.6 Å². The van der Waals surface area contributed by atoms with Crippen molar-refractivity contribution in [3.05, 3.63) is 42.2 Å². The van der Waals surface area contributed by atoms with Crippen molar-refractivity contribution in [3.8, 4) is 0 Å². The van der Waals surface area contributed by atoms with Crippen LogP contribution in [0, 0.1) is 5.82 Å². The summed E-state index contributed by atoms with van der Waals surface area (Å²) in [6.45, 7) is 5.24. The van der Waals surface area contributed by atoms with Crippen molar-refractivity contribution in [1.29, 1.82) is 0 Å². The third-order valence-corrected chi connectivity index (χ3v) is 2.22. The summed E-state index contributed by atoms with van der Waals surface area (Å²) < 4.78 is 18.0. The molecule has 4 heteroatoms. The van der Waals surface area contributed by atoms with Crippen molar-refractivity contribution >= 4 is 11.7 Å². The summed E-state index contributed by atoms with van der Waals surface area (Å²) in [6.07, 6.45) is 1.48.